The number of pyridine rings is 1. The molecule has 112 valence electrons. The van der Waals surface area contributed by atoms with E-state index in [0.29, 0.717) is 6.54 Å². The predicted molar refractivity (Wildman–Crippen MR) is 76.0 cm³/mol. The van der Waals surface area contributed by atoms with Crippen LogP contribution in [-0.4, -0.2) is 56.1 Å². The van der Waals surface area contributed by atoms with E-state index < -0.39 is 18.2 Å². The summed E-state index contributed by atoms with van der Waals surface area (Å²) in [7, 11) is 0. The zero-order valence-electron chi connectivity index (χ0n) is 12.3. The Bertz CT molecular complexity index is 452. The maximum absolute atomic E-state index is 10.2. The van der Waals surface area contributed by atoms with Crippen molar-refractivity contribution in [3.63, 3.8) is 0 Å². The lowest BCUT2D eigenvalue weighted by atomic mass is 9.98. The first-order valence-electron chi connectivity index (χ1n) is 7.10. The SMILES string of the molecule is Cc1cccnc1CN1[C@H](CO)[C@@H](O)[C@@H](O)[C@@H]1C(C)C. The molecule has 1 aliphatic rings. The van der Waals surface area contributed by atoms with Crippen molar-refractivity contribution in [3.8, 4) is 0 Å². The van der Waals surface area contributed by atoms with Crippen LogP contribution < -0.4 is 0 Å². The van der Waals surface area contributed by atoms with Gasteiger partial charge < -0.3 is 15.3 Å². The molecular formula is C15H24N2O3. The van der Waals surface area contributed by atoms with Crippen LogP contribution >= 0.6 is 0 Å². The summed E-state index contributed by atoms with van der Waals surface area (Å²) < 4.78 is 0. The van der Waals surface area contributed by atoms with Crippen molar-refractivity contribution in [1.29, 1.82) is 0 Å². The number of aliphatic hydroxyl groups excluding tert-OH is 3. The summed E-state index contributed by atoms with van der Waals surface area (Å²) >= 11 is 0. The second-order valence-electron chi connectivity index (χ2n) is 5.91. The molecule has 0 spiro atoms. The monoisotopic (exact) mass is 280 g/mol. The smallest absolute Gasteiger partial charge is 0.0991 e. The van der Waals surface area contributed by atoms with Crippen LogP contribution in [0, 0.1) is 12.8 Å². The molecule has 5 heteroatoms. The van der Waals surface area contributed by atoms with Crippen LogP contribution in [0.2, 0.25) is 0 Å². The van der Waals surface area contributed by atoms with Gasteiger partial charge in [0, 0.05) is 18.8 Å². The van der Waals surface area contributed by atoms with Gasteiger partial charge in [-0.3, -0.25) is 9.88 Å². The van der Waals surface area contributed by atoms with Gasteiger partial charge >= 0.3 is 0 Å². The zero-order chi connectivity index (χ0) is 14.9. The largest absolute Gasteiger partial charge is 0.395 e. The second kappa shape index (κ2) is 6.18. The second-order valence-corrected chi connectivity index (χ2v) is 5.91. The number of aryl methyl sites for hydroxylation is 1. The first-order valence-corrected chi connectivity index (χ1v) is 7.10. The molecule has 0 unspecified atom stereocenters. The number of likely N-dealkylation sites (tertiary alicyclic amines) is 1. The molecular weight excluding hydrogens is 256 g/mol. The Kier molecular flexibility index (Phi) is 4.75. The van der Waals surface area contributed by atoms with Gasteiger partial charge in [-0.25, -0.2) is 0 Å². The number of hydrogen-bond acceptors (Lipinski definition) is 5. The third-order valence-electron chi connectivity index (χ3n) is 4.22. The molecule has 0 aromatic carbocycles. The van der Waals surface area contributed by atoms with Gasteiger partial charge in [-0.1, -0.05) is 19.9 Å². The van der Waals surface area contributed by atoms with Crippen LogP contribution in [0.3, 0.4) is 0 Å². The van der Waals surface area contributed by atoms with Gasteiger partial charge in [-0.05, 0) is 24.5 Å². The Labute approximate surface area is 119 Å². The summed E-state index contributed by atoms with van der Waals surface area (Å²) in [6.45, 7) is 6.36. The Morgan fingerprint density at radius 2 is 2.00 bits per heavy atom. The highest BCUT2D eigenvalue weighted by Crippen LogP contribution is 2.31. The van der Waals surface area contributed by atoms with Crippen LogP contribution in [0.5, 0.6) is 0 Å². The molecule has 1 aliphatic heterocycles. The lowest BCUT2D eigenvalue weighted by Gasteiger charge is -2.32. The Balaban J connectivity index is 2.28. The van der Waals surface area contributed by atoms with Gasteiger partial charge in [-0.15, -0.1) is 0 Å². The van der Waals surface area contributed by atoms with E-state index in [1.807, 2.05) is 37.8 Å². The standard InChI is InChI=1S/C15H24N2O3/c1-9(2)13-15(20)14(19)12(8-18)17(13)7-11-10(3)5-4-6-16-11/h4-6,9,12-15,18-20H,7-8H2,1-3H3/t12-,13+,14-,15+/m1/s1. The predicted octanol–water partition coefficient (Wildman–Crippen LogP) is 0.313. The Morgan fingerprint density at radius 3 is 2.55 bits per heavy atom. The summed E-state index contributed by atoms with van der Waals surface area (Å²) in [5.41, 5.74) is 1.99. The van der Waals surface area contributed by atoms with E-state index in [1.165, 1.54) is 0 Å². The maximum atomic E-state index is 10.2. The molecule has 0 bridgehead atoms. The minimum Gasteiger partial charge on any atom is -0.395 e. The van der Waals surface area contributed by atoms with Gasteiger partial charge in [0.25, 0.3) is 0 Å². The normalized spacial score (nSPS) is 31.1. The fraction of sp³-hybridized carbons (Fsp3) is 0.667. The lowest BCUT2D eigenvalue weighted by Crippen LogP contribution is -2.43. The summed E-state index contributed by atoms with van der Waals surface area (Å²) in [6.07, 6.45) is -0.0172. The minimum atomic E-state index is -0.920. The van der Waals surface area contributed by atoms with E-state index in [-0.39, 0.29) is 18.6 Å². The molecule has 0 radical (unpaired) electrons. The molecule has 0 amide bonds. The summed E-state index contributed by atoms with van der Waals surface area (Å²) in [4.78, 5) is 6.35. The quantitative estimate of drug-likeness (QED) is 0.740. The Hall–Kier alpha value is -1.01. The Morgan fingerprint density at radius 1 is 1.30 bits per heavy atom. The fourth-order valence-corrected chi connectivity index (χ4v) is 3.11. The molecule has 2 rings (SSSR count). The highest BCUT2D eigenvalue weighted by atomic mass is 16.3. The first kappa shape index (κ1) is 15.4. The van der Waals surface area contributed by atoms with Crippen molar-refractivity contribution in [2.75, 3.05) is 6.61 Å². The molecule has 20 heavy (non-hydrogen) atoms. The molecule has 0 saturated carbocycles. The van der Waals surface area contributed by atoms with Crippen molar-refractivity contribution in [3.05, 3.63) is 29.6 Å². The van der Waals surface area contributed by atoms with Crippen LogP contribution in [-0.2, 0) is 6.54 Å². The molecule has 5 nitrogen and oxygen atoms in total. The highest BCUT2D eigenvalue weighted by molar-refractivity contribution is 5.18. The molecule has 1 aromatic rings. The maximum Gasteiger partial charge on any atom is 0.0991 e. The molecule has 0 aliphatic carbocycles. The minimum absolute atomic E-state index is 0.173. The molecule has 2 heterocycles. The lowest BCUT2D eigenvalue weighted by molar-refractivity contribution is 0.0145. The number of hydrogen-bond donors (Lipinski definition) is 3. The molecule has 3 N–H and O–H groups in total. The van der Waals surface area contributed by atoms with Crippen molar-refractivity contribution < 1.29 is 15.3 Å². The molecule has 1 aromatic heterocycles. The van der Waals surface area contributed by atoms with Gasteiger partial charge in [-0.2, -0.15) is 0 Å². The molecule has 1 saturated heterocycles. The van der Waals surface area contributed by atoms with Crippen molar-refractivity contribution in [2.24, 2.45) is 5.92 Å². The fourth-order valence-electron chi connectivity index (χ4n) is 3.11. The molecule has 4 atom stereocenters. The third-order valence-corrected chi connectivity index (χ3v) is 4.22. The van der Waals surface area contributed by atoms with Crippen molar-refractivity contribution >= 4 is 0 Å². The number of nitrogens with zero attached hydrogens (tertiary/aromatic N) is 2. The molecule has 1 fully saturated rings. The van der Waals surface area contributed by atoms with Gasteiger partial charge in [0.1, 0.15) is 0 Å². The first-order chi connectivity index (χ1) is 9.47. The average Bonchev–Trinajstić information content (AvgIpc) is 2.64. The van der Waals surface area contributed by atoms with Crippen molar-refractivity contribution in [1.82, 2.24) is 9.88 Å². The highest BCUT2D eigenvalue weighted by Gasteiger charge is 2.48. The zero-order valence-corrected chi connectivity index (χ0v) is 12.3. The van der Waals surface area contributed by atoms with Crippen LogP contribution in [0.15, 0.2) is 18.3 Å². The van der Waals surface area contributed by atoms with E-state index in [1.54, 1.807) is 6.20 Å². The summed E-state index contributed by atoms with van der Waals surface area (Å²) in [5, 5.41) is 29.9. The van der Waals surface area contributed by atoms with E-state index in [2.05, 4.69) is 4.98 Å². The van der Waals surface area contributed by atoms with Gasteiger partial charge in [0.2, 0.25) is 0 Å². The number of rotatable bonds is 4. The van der Waals surface area contributed by atoms with Crippen molar-refractivity contribution in [2.45, 2.75) is 51.6 Å². The van der Waals surface area contributed by atoms with E-state index in [9.17, 15) is 15.3 Å². The van der Waals surface area contributed by atoms with Gasteiger partial charge in [0.05, 0.1) is 30.6 Å². The van der Waals surface area contributed by atoms with Gasteiger partial charge in [0.15, 0.2) is 0 Å². The summed E-state index contributed by atoms with van der Waals surface area (Å²) in [5.74, 6) is 0.181. The van der Waals surface area contributed by atoms with E-state index in [4.69, 9.17) is 0 Å². The van der Waals surface area contributed by atoms with E-state index >= 15 is 0 Å². The van der Waals surface area contributed by atoms with Crippen LogP contribution in [0.25, 0.3) is 0 Å². The van der Waals surface area contributed by atoms with Crippen LogP contribution in [0.1, 0.15) is 25.1 Å². The topological polar surface area (TPSA) is 76.8 Å². The summed E-state index contributed by atoms with van der Waals surface area (Å²) in [6, 6.07) is 3.25. The third kappa shape index (κ3) is 2.72. The number of aromatic nitrogens is 1. The number of aliphatic hydroxyl groups is 3. The van der Waals surface area contributed by atoms with E-state index in [0.717, 1.165) is 11.3 Å². The average molecular weight is 280 g/mol. The van der Waals surface area contributed by atoms with Crippen LogP contribution in [0.4, 0.5) is 0 Å².